The minimum absolute atomic E-state index is 0.845. The number of hydrogen-bond donors (Lipinski definition) is 1. The highest BCUT2D eigenvalue weighted by Crippen LogP contribution is 2.37. The molecular formula is C12H24N2. The maximum absolute atomic E-state index is 3.37. The zero-order chi connectivity index (χ0) is 10.1. The number of likely N-dealkylation sites (N-methyl/N-ethyl adjacent to an activating group) is 1. The van der Waals surface area contributed by atoms with Gasteiger partial charge in [-0.2, -0.15) is 0 Å². The molecule has 1 saturated heterocycles. The van der Waals surface area contributed by atoms with Crippen molar-refractivity contribution in [2.45, 2.75) is 45.7 Å². The van der Waals surface area contributed by atoms with Gasteiger partial charge in [-0.1, -0.05) is 20.8 Å². The summed E-state index contributed by atoms with van der Waals surface area (Å²) < 4.78 is 0. The second-order valence-electron chi connectivity index (χ2n) is 5.27. The molecule has 2 aliphatic rings. The molecule has 0 aromatic rings. The fraction of sp³-hybridized carbons (Fsp3) is 1.00. The first-order valence-corrected chi connectivity index (χ1v) is 6.18. The summed E-state index contributed by atoms with van der Waals surface area (Å²) in [6, 6.07) is 1.75. The Labute approximate surface area is 88.1 Å². The molecule has 1 aliphatic carbocycles. The molecule has 0 unspecified atom stereocenters. The van der Waals surface area contributed by atoms with Gasteiger partial charge in [0.1, 0.15) is 0 Å². The van der Waals surface area contributed by atoms with Gasteiger partial charge in [-0.25, -0.2) is 0 Å². The second-order valence-corrected chi connectivity index (χ2v) is 5.27. The molecule has 2 heteroatoms. The van der Waals surface area contributed by atoms with Crippen LogP contribution in [-0.2, 0) is 0 Å². The number of hydrogen-bond acceptors (Lipinski definition) is 2. The highest BCUT2D eigenvalue weighted by atomic mass is 15.3. The third-order valence-electron chi connectivity index (χ3n) is 4.16. The first kappa shape index (κ1) is 10.4. The van der Waals surface area contributed by atoms with Crippen LogP contribution in [0.15, 0.2) is 0 Å². The predicted octanol–water partition coefficient (Wildman–Crippen LogP) is 1.71. The predicted molar refractivity (Wildman–Crippen MR) is 60.4 cm³/mol. The van der Waals surface area contributed by atoms with Crippen LogP contribution in [0.4, 0.5) is 0 Å². The molecule has 0 spiro atoms. The van der Waals surface area contributed by atoms with Crippen molar-refractivity contribution in [3.05, 3.63) is 0 Å². The van der Waals surface area contributed by atoms with Crippen molar-refractivity contribution in [1.29, 1.82) is 0 Å². The lowest BCUT2D eigenvalue weighted by Gasteiger charge is -2.50. The van der Waals surface area contributed by atoms with Crippen molar-refractivity contribution < 1.29 is 0 Å². The Hall–Kier alpha value is -0.0800. The molecule has 82 valence electrons. The fourth-order valence-electron chi connectivity index (χ4n) is 2.77. The van der Waals surface area contributed by atoms with Gasteiger partial charge in [0, 0.05) is 25.2 Å². The topological polar surface area (TPSA) is 15.3 Å². The van der Waals surface area contributed by atoms with E-state index in [1.165, 1.54) is 32.5 Å². The molecule has 2 nitrogen and oxygen atoms in total. The van der Waals surface area contributed by atoms with Crippen molar-refractivity contribution in [3.63, 3.8) is 0 Å². The number of rotatable bonds is 4. The fourth-order valence-corrected chi connectivity index (χ4v) is 2.77. The minimum atomic E-state index is 0.845. The minimum Gasteiger partial charge on any atom is -0.314 e. The largest absolute Gasteiger partial charge is 0.314 e. The van der Waals surface area contributed by atoms with E-state index in [9.17, 15) is 0 Å². The highest BCUT2D eigenvalue weighted by Gasteiger charge is 2.38. The number of nitrogens with zero attached hydrogens (tertiary/aromatic N) is 1. The van der Waals surface area contributed by atoms with Gasteiger partial charge in [-0.15, -0.1) is 0 Å². The lowest BCUT2D eigenvalue weighted by atomic mass is 9.72. The molecule has 0 aromatic heterocycles. The van der Waals surface area contributed by atoms with E-state index >= 15 is 0 Å². The van der Waals surface area contributed by atoms with Gasteiger partial charge in [-0.3, -0.25) is 4.90 Å². The van der Waals surface area contributed by atoms with Gasteiger partial charge in [0.05, 0.1) is 0 Å². The molecule has 0 radical (unpaired) electrons. The normalized spacial score (nSPS) is 33.2. The van der Waals surface area contributed by atoms with Crippen LogP contribution < -0.4 is 5.32 Å². The first-order valence-electron chi connectivity index (χ1n) is 6.18. The molecule has 1 heterocycles. The Morgan fingerprint density at radius 3 is 2.21 bits per heavy atom. The van der Waals surface area contributed by atoms with E-state index in [0.717, 1.165) is 23.9 Å². The molecule has 0 aromatic carbocycles. The van der Waals surface area contributed by atoms with E-state index in [4.69, 9.17) is 0 Å². The summed E-state index contributed by atoms with van der Waals surface area (Å²) in [5.74, 6) is 1.89. The quantitative estimate of drug-likeness (QED) is 0.736. The highest BCUT2D eigenvalue weighted by molar-refractivity contribution is 4.94. The van der Waals surface area contributed by atoms with Gasteiger partial charge in [0.25, 0.3) is 0 Å². The standard InChI is InChI=1S/C12H24N2/c1-4-14(12-7-13-8-12)11-5-10(6-11)9(2)3/h9-13H,4-8H2,1-3H3. The van der Waals surface area contributed by atoms with Crippen LogP contribution in [0.2, 0.25) is 0 Å². The Kier molecular flexibility index (Phi) is 3.13. The van der Waals surface area contributed by atoms with Gasteiger partial charge in [-0.05, 0) is 31.2 Å². The van der Waals surface area contributed by atoms with E-state index in [-0.39, 0.29) is 0 Å². The van der Waals surface area contributed by atoms with Crippen molar-refractivity contribution in [1.82, 2.24) is 10.2 Å². The van der Waals surface area contributed by atoms with Gasteiger partial charge < -0.3 is 5.32 Å². The summed E-state index contributed by atoms with van der Waals surface area (Å²) >= 11 is 0. The van der Waals surface area contributed by atoms with Crippen LogP contribution in [0.5, 0.6) is 0 Å². The monoisotopic (exact) mass is 196 g/mol. The molecule has 2 fully saturated rings. The van der Waals surface area contributed by atoms with E-state index in [2.05, 4.69) is 31.0 Å². The molecule has 14 heavy (non-hydrogen) atoms. The molecule has 2 rings (SSSR count). The van der Waals surface area contributed by atoms with Crippen LogP contribution in [-0.4, -0.2) is 36.6 Å². The third-order valence-corrected chi connectivity index (χ3v) is 4.16. The summed E-state index contributed by atoms with van der Waals surface area (Å²) in [6.45, 7) is 10.7. The SMILES string of the molecule is CCN(C1CNC1)C1CC(C(C)C)C1. The van der Waals surface area contributed by atoms with Crippen molar-refractivity contribution in [2.24, 2.45) is 11.8 Å². The average molecular weight is 196 g/mol. The maximum atomic E-state index is 3.37. The Balaban J connectivity index is 1.78. The lowest BCUT2D eigenvalue weighted by molar-refractivity contribution is 0.0120. The molecule has 0 atom stereocenters. The van der Waals surface area contributed by atoms with E-state index in [1.807, 2.05) is 0 Å². The van der Waals surface area contributed by atoms with Gasteiger partial charge in [0.15, 0.2) is 0 Å². The summed E-state index contributed by atoms with van der Waals surface area (Å²) in [5.41, 5.74) is 0. The zero-order valence-electron chi connectivity index (χ0n) is 9.79. The van der Waals surface area contributed by atoms with Crippen LogP contribution in [0.1, 0.15) is 33.6 Å². The Morgan fingerprint density at radius 1 is 1.21 bits per heavy atom. The zero-order valence-corrected chi connectivity index (χ0v) is 9.79. The molecule has 1 saturated carbocycles. The molecule has 1 N–H and O–H groups in total. The molecule has 1 aliphatic heterocycles. The second kappa shape index (κ2) is 4.19. The van der Waals surface area contributed by atoms with Crippen LogP contribution in [0.3, 0.4) is 0 Å². The van der Waals surface area contributed by atoms with Crippen molar-refractivity contribution >= 4 is 0 Å². The van der Waals surface area contributed by atoms with Crippen LogP contribution in [0.25, 0.3) is 0 Å². The van der Waals surface area contributed by atoms with Crippen molar-refractivity contribution in [3.8, 4) is 0 Å². The summed E-state index contributed by atoms with van der Waals surface area (Å²) in [5, 5.41) is 3.37. The van der Waals surface area contributed by atoms with Gasteiger partial charge >= 0.3 is 0 Å². The first-order chi connectivity index (χ1) is 6.72. The maximum Gasteiger partial charge on any atom is 0.0348 e. The van der Waals surface area contributed by atoms with Crippen LogP contribution >= 0.6 is 0 Å². The smallest absolute Gasteiger partial charge is 0.0348 e. The van der Waals surface area contributed by atoms with Crippen LogP contribution in [0, 0.1) is 11.8 Å². The Bertz CT molecular complexity index is 181. The van der Waals surface area contributed by atoms with E-state index in [0.29, 0.717) is 0 Å². The van der Waals surface area contributed by atoms with E-state index < -0.39 is 0 Å². The van der Waals surface area contributed by atoms with Crippen molar-refractivity contribution in [2.75, 3.05) is 19.6 Å². The third kappa shape index (κ3) is 1.82. The molecular weight excluding hydrogens is 172 g/mol. The molecule has 0 bridgehead atoms. The average Bonchev–Trinajstić information content (AvgIpc) is 1.95. The summed E-state index contributed by atoms with van der Waals surface area (Å²) in [7, 11) is 0. The Morgan fingerprint density at radius 2 is 1.86 bits per heavy atom. The summed E-state index contributed by atoms with van der Waals surface area (Å²) in [4.78, 5) is 2.72. The lowest BCUT2D eigenvalue weighted by Crippen LogP contribution is -2.62. The van der Waals surface area contributed by atoms with Gasteiger partial charge in [0.2, 0.25) is 0 Å². The summed E-state index contributed by atoms with van der Waals surface area (Å²) in [6.07, 6.45) is 2.89. The van der Waals surface area contributed by atoms with E-state index in [1.54, 1.807) is 0 Å². The molecule has 0 amide bonds. The number of nitrogens with one attached hydrogen (secondary N) is 1.